The molecule has 15 heavy (non-hydrogen) atoms. The molecule has 1 aromatic rings. The van der Waals surface area contributed by atoms with Crippen LogP contribution in [-0.4, -0.2) is 18.6 Å². The maximum absolute atomic E-state index is 5.76. The summed E-state index contributed by atoms with van der Waals surface area (Å²) < 4.78 is 5.33. The van der Waals surface area contributed by atoms with E-state index in [1.54, 1.807) is 7.11 Å². The highest BCUT2D eigenvalue weighted by molar-refractivity contribution is 5.37. The summed E-state index contributed by atoms with van der Waals surface area (Å²) in [5.41, 5.74) is 7.08. The van der Waals surface area contributed by atoms with Gasteiger partial charge in [0, 0.05) is 12.1 Å². The third-order valence-electron chi connectivity index (χ3n) is 3.62. The van der Waals surface area contributed by atoms with Crippen LogP contribution in [0.5, 0.6) is 5.75 Å². The molecule has 1 aliphatic carbocycles. The van der Waals surface area contributed by atoms with Crippen LogP contribution in [0.2, 0.25) is 0 Å². The number of aromatic nitrogens is 1. The third kappa shape index (κ3) is 1.51. The minimum absolute atomic E-state index is 0.260. The molecule has 0 saturated heterocycles. The third-order valence-corrected chi connectivity index (χ3v) is 3.62. The molecule has 1 heterocycles. The first-order valence-corrected chi connectivity index (χ1v) is 5.32. The van der Waals surface area contributed by atoms with E-state index in [4.69, 9.17) is 10.5 Å². The molecule has 2 rings (SSSR count). The summed E-state index contributed by atoms with van der Waals surface area (Å²) >= 11 is 0. The Morgan fingerprint density at radius 3 is 2.80 bits per heavy atom. The van der Waals surface area contributed by atoms with Crippen molar-refractivity contribution >= 4 is 0 Å². The second-order valence-electron chi connectivity index (χ2n) is 4.73. The van der Waals surface area contributed by atoms with Crippen molar-refractivity contribution in [1.29, 1.82) is 0 Å². The molecule has 0 radical (unpaired) electrons. The number of rotatable bonds is 3. The Bertz CT molecular complexity index is 362. The van der Waals surface area contributed by atoms with Gasteiger partial charge in [0.05, 0.1) is 12.8 Å². The molecular formula is C12H18N2O. The van der Waals surface area contributed by atoms with Crippen molar-refractivity contribution in [2.24, 2.45) is 17.1 Å². The lowest BCUT2D eigenvalue weighted by molar-refractivity contribution is 0.404. The highest BCUT2D eigenvalue weighted by Gasteiger charge is 2.58. The summed E-state index contributed by atoms with van der Waals surface area (Å²) in [6.45, 7) is 5.20. The van der Waals surface area contributed by atoms with Crippen LogP contribution in [0.1, 0.15) is 25.5 Å². The fourth-order valence-corrected chi connectivity index (χ4v) is 2.54. The van der Waals surface area contributed by atoms with Crippen LogP contribution in [-0.2, 0) is 0 Å². The van der Waals surface area contributed by atoms with E-state index in [2.05, 4.69) is 18.8 Å². The molecule has 2 N–H and O–H groups in total. The molecule has 1 fully saturated rings. The number of pyridine rings is 1. The zero-order valence-corrected chi connectivity index (χ0v) is 9.53. The van der Waals surface area contributed by atoms with Crippen LogP contribution >= 0.6 is 0 Å². The summed E-state index contributed by atoms with van der Waals surface area (Å²) in [5.74, 6) is 1.85. The normalized spacial score (nSPS) is 27.5. The average molecular weight is 206 g/mol. The van der Waals surface area contributed by atoms with E-state index in [0.29, 0.717) is 11.8 Å². The summed E-state index contributed by atoms with van der Waals surface area (Å²) in [6.07, 6.45) is 1.82. The van der Waals surface area contributed by atoms with Crippen molar-refractivity contribution < 1.29 is 4.74 Å². The summed E-state index contributed by atoms with van der Waals surface area (Å²) in [5, 5.41) is 0. The van der Waals surface area contributed by atoms with Gasteiger partial charge in [0.25, 0.3) is 0 Å². The average Bonchev–Trinajstić information content (AvgIpc) is 2.80. The Morgan fingerprint density at radius 1 is 1.53 bits per heavy atom. The van der Waals surface area contributed by atoms with Gasteiger partial charge in [0.2, 0.25) is 0 Å². The van der Waals surface area contributed by atoms with Crippen LogP contribution in [0.4, 0.5) is 0 Å². The fraction of sp³-hybridized carbons (Fsp3) is 0.583. The number of hydrogen-bond acceptors (Lipinski definition) is 3. The van der Waals surface area contributed by atoms with Crippen molar-refractivity contribution in [3.63, 3.8) is 0 Å². The Hall–Kier alpha value is -1.09. The van der Waals surface area contributed by atoms with E-state index in [9.17, 15) is 0 Å². The van der Waals surface area contributed by atoms with Gasteiger partial charge in [-0.2, -0.15) is 0 Å². The van der Waals surface area contributed by atoms with Crippen LogP contribution in [0.3, 0.4) is 0 Å². The molecule has 2 unspecified atom stereocenters. The predicted octanol–water partition coefficient (Wildman–Crippen LogP) is 1.79. The molecule has 0 spiro atoms. The molecule has 3 nitrogen and oxygen atoms in total. The molecule has 2 atom stereocenters. The second kappa shape index (κ2) is 3.49. The SMILES string of the molecule is COc1cccnc1C1C(CN)C1(C)C. The Balaban J connectivity index is 2.32. The van der Waals surface area contributed by atoms with Crippen molar-refractivity contribution in [3.05, 3.63) is 24.0 Å². The van der Waals surface area contributed by atoms with Gasteiger partial charge in [-0.25, -0.2) is 0 Å². The minimum atomic E-state index is 0.260. The van der Waals surface area contributed by atoms with E-state index in [1.165, 1.54) is 0 Å². The highest BCUT2D eigenvalue weighted by atomic mass is 16.5. The van der Waals surface area contributed by atoms with E-state index in [-0.39, 0.29) is 5.41 Å². The smallest absolute Gasteiger partial charge is 0.140 e. The first-order chi connectivity index (χ1) is 7.12. The maximum Gasteiger partial charge on any atom is 0.140 e. The number of methoxy groups -OCH3 is 1. The number of nitrogens with two attached hydrogens (primary N) is 1. The monoisotopic (exact) mass is 206 g/mol. The van der Waals surface area contributed by atoms with Gasteiger partial charge >= 0.3 is 0 Å². The number of hydrogen-bond donors (Lipinski definition) is 1. The van der Waals surface area contributed by atoms with Crippen molar-refractivity contribution in [1.82, 2.24) is 4.98 Å². The molecule has 1 aliphatic rings. The van der Waals surface area contributed by atoms with E-state index >= 15 is 0 Å². The summed E-state index contributed by atoms with van der Waals surface area (Å²) in [4.78, 5) is 4.42. The Kier molecular flexibility index (Phi) is 2.43. The first-order valence-electron chi connectivity index (χ1n) is 5.32. The van der Waals surface area contributed by atoms with Crippen LogP contribution < -0.4 is 10.5 Å². The lowest BCUT2D eigenvalue weighted by Gasteiger charge is -2.07. The number of nitrogens with zero attached hydrogens (tertiary/aromatic N) is 1. The van der Waals surface area contributed by atoms with Crippen molar-refractivity contribution in [2.45, 2.75) is 19.8 Å². The van der Waals surface area contributed by atoms with Gasteiger partial charge in [0.15, 0.2) is 0 Å². The van der Waals surface area contributed by atoms with Crippen LogP contribution in [0.15, 0.2) is 18.3 Å². The zero-order valence-electron chi connectivity index (χ0n) is 9.53. The Morgan fingerprint density at radius 2 is 2.27 bits per heavy atom. The second-order valence-corrected chi connectivity index (χ2v) is 4.73. The Labute approximate surface area is 90.7 Å². The molecule has 0 aromatic carbocycles. The largest absolute Gasteiger partial charge is 0.495 e. The quantitative estimate of drug-likeness (QED) is 0.820. The van der Waals surface area contributed by atoms with Gasteiger partial charge in [0.1, 0.15) is 5.75 Å². The minimum Gasteiger partial charge on any atom is -0.495 e. The molecule has 0 aliphatic heterocycles. The molecular weight excluding hydrogens is 188 g/mol. The molecule has 0 amide bonds. The van der Waals surface area contributed by atoms with Gasteiger partial charge in [-0.05, 0) is 30.0 Å². The van der Waals surface area contributed by atoms with Crippen LogP contribution in [0.25, 0.3) is 0 Å². The maximum atomic E-state index is 5.76. The van der Waals surface area contributed by atoms with E-state index in [0.717, 1.165) is 18.0 Å². The van der Waals surface area contributed by atoms with E-state index in [1.807, 2.05) is 18.3 Å². The van der Waals surface area contributed by atoms with Gasteiger partial charge in [-0.15, -0.1) is 0 Å². The molecule has 82 valence electrons. The topological polar surface area (TPSA) is 48.1 Å². The van der Waals surface area contributed by atoms with Gasteiger partial charge in [-0.3, -0.25) is 4.98 Å². The molecule has 3 heteroatoms. The lowest BCUT2D eigenvalue weighted by atomic mass is 10.1. The van der Waals surface area contributed by atoms with Gasteiger partial charge in [-0.1, -0.05) is 13.8 Å². The fourth-order valence-electron chi connectivity index (χ4n) is 2.54. The zero-order chi connectivity index (χ0) is 11.1. The molecule has 1 saturated carbocycles. The summed E-state index contributed by atoms with van der Waals surface area (Å²) in [7, 11) is 1.69. The standard InChI is InChI=1S/C12H18N2O/c1-12(2)8(7-13)10(12)11-9(15-3)5-4-6-14-11/h4-6,8,10H,7,13H2,1-3H3. The van der Waals surface area contributed by atoms with E-state index < -0.39 is 0 Å². The predicted molar refractivity (Wildman–Crippen MR) is 59.9 cm³/mol. The molecule has 0 bridgehead atoms. The number of ether oxygens (including phenoxy) is 1. The van der Waals surface area contributed by atoms with Gasteiger partial charge < -0.3 is 10.5 Å². The van der Waals surface area contributed by atoms with Crippen molar-refractivity contribution in [3.8, 4) is 5.75 Å². The first kappa shape index (κ1) is 10.4. The lowest BCUT2D eigenvalue weighted by Crippen LogP contribution is -2.05. The summed E-state index contributed by atoms with van der Waals surface area (Å²) in [6, 6.07) is 3.86. The van der Waals surface area contributed by atoms with Crippen molar-refractivity contribution in [2.75, 3.05) is 13.7 Å². The van der Waals surface area contributed by atoms with Crippen LogP contribution in [0, 0.1) is 11.3 Å². The highest BCUT2D eigenvalue weighted by Crippen LogP contribution is 2.64. The molecule has 1 aromatic heterocycles.